The average molecular weight is 515 g/mol. The predicted molar refractivity (Wildman–Crippen MR) is 129 cm³/mol. The van der Waals surface area contributed by atoms with Gasteiger partial charge in [0.25, 0.3) is 5.56 Å². The number of hydrogen-bond donors (Lipinski definition) is 1. The minimum Gasteiger partial charge on any atom is -0.465 e. The SMILES string of the molecule is COC(=O)C1=C(N)Oc2cc(C)n(Cc3ccc4c(c3)OCO4)c(=O)c2[C@@H]1c1ccc(Cl)c(Cl)c1. The van der Waals surface area contributed by atoms with Crippen LogP contribution in [0.15, 0.2) is 58.7 Å². The lowest BCUT2D eigenvalue weighted by Crippen LogP contribution is -2.35. The van der Waals surface area contributed by atoms with Crippen LogP contribution in [0.3, 0.4) is 0 Å². The van der Waals surface area contributed by atoms with Crippen LogP contribution in [0, 0.1) is 6.92 Å². The van der Waals surface area contributed by atoms with Crippen molar-refractivity contribution in [2.24, 2.45) is 5.73 Å². The molecule has 5 rings (SSSR count). The van der Waals surface area contributed by atoms with Gasteiger partial charge in [0, 0.05) is 11.8 Å². The van der Waals surface area contributed by atoms with Crippen LogP contribution in [0.1, 0.15) is 28.3 Å². The Labute approximate surface area is 210 Å². The number of nitrogens with zero attached hydrogens (tertiary/aromatic N) is 1. The lowest BCUT2D eigenvalue weighted by molar-refractivity contribution is -0.136. The predicted octanol–water partition coefficient (Wildman–Crippen LogP) is 4.11. The molecule has 3 heterocycles. The van der Waals surface area contributed by atoms with Gasteiger partial charge in [0.1, 0.15) is 11.3 Å². The molecule has 2 aliphatic heterocycles. The summed E-state index contributed by atoms with van der Waals surface area (Å²) < 4.78 is 23.1. The van der Waals surface area contributed by atoms with Crippen molar-refractivity contribution in [1.82, 2.24) is 4.57 Å². The van der Waals surface area contributed by atoms with Gasteiger partial charge in [0.2, 0.25) is 12.7 Å². The summed E-state index contributed by atoms with van der Waals surface area (Å²) in [6, 6.07) is 12.1. The number of rotatable bonds is 4. The third-order valence-electron chi connectivity index (χ3n) is 6.03. The molecule has 180 valence electrons. The van der Waals surface area contributed by atoms with Gasteiger partial charge in [-0.15, -0.1) is 0 Å². The maximum Gasteiger partial charge on any atom is 0.340 e. The van der Waals surface area contributed by atoms with Crippen molar-refractivity contribution < 1.29 is 23.7 Å². The molecule has 0 amide bonds. The van der Waals surface area contributed by atoms with Gasteiger partial charge in [-0.1, -0.05) is 35.3 Å². The van der Waals surface area contributed by atoms with Gasteiger partial charge < -0.3 is 29.2 Å². The smallest absolute Gasteiger partial charge is 0.340 e. The topological polar surface area (TPSA) is 102 Å². The van der Waals surface area contributed by atoms with Gasteiger partial charge in [0.15, 0.2) is 11.5 Å². The fourth-order valence-electron chi connectivity index (χ4n) is 4.34. The molecular formula is C25H20Cl2N2O6. The van der Waals surface area contributed by atoms with Crippen LogP contribution >= 0.6 is 23.2 Å². The number of fused-ring (bicyclic) bond motifs is 2. The average Bonchev–Trinajstić information content (AvgIpc) is 3.30. The van der Waals surface area contributed by atoms with E-state index in [1.807, 2.05) is 12.1 Å². The molecule has 0 saturated heterocycles. The number of ether oxygens (including phenoxy) is 4. The molecule has 0 radical (unpaired) electrons. The summed E-state index contributed by atoms with van der Waals surface area (Å²) in [5.41, 5.74) is 8.08. The Balaban J connectivity index is 1.68. The summed E-state index contributed by atoms with van der Waals surface area (Å²) in [5.74, 6) is -0.210. The van der Waals surface area contributed by atoms with Gasteiger partial charge in [0.05, 0.1) is 35.2 Å². The van der Waals surface area contributed by atoms with Crippen molar-refractivity contribution in [3.63, 3.8) is 0 Å². The molecule has 3 aromatic rings. The van der Waals surface area contributed by atoms with Crippen molar-refractivity contribution in [3.05, 3.63) is 96.7 Å². The normalized spacial score (nSPS) is 16.1. The second-order valence-corrected chi connectivity index (χ2v) is 8.94. The van der Waals surface area contributed by atoms with Gasteiger partial charge in [-0.25, -0.2) is 4.79 Å². The first-order valence-electron chi connectivity index (χ1n) is 10.6. The Bertz CT molecular complexity index is 1460. The van der Waals surface area contributed by atoms with Crippen LogP contribution in [0.5, 0.6) is 17.2 Å². The van der Waals surface area contributed by atoms with Crippen LogP contribution in [0.25, 0.3) is 0 Å². The van der Waals surface area contributed by atoms with Gasteiger partial charge in [-0.05, 0) is 42.3 Å². The number of halogens is 2. The van der Waals surface area contributed by atoms with Crippen molar-refractivity contribution in [3.8, 4) is 17.2 Å². The largest absolute Gasteiger partial charge is 0.465 e. The molecule has 10 heteroatoms. The second kappa shape index (κ2) is 8.87. The second-order valence-electron chi connectivity index (χ2n) is 8.12. The quantitative estimate of drug-likeness (QED) is 0.522. The van der Waals surface area contributed by atoms with Crippen LogP contribution in [0.2, 0.25) is 10.0 Å². The number of esters is 1. The van der Waals surface area contributed by atoms with Crippen LogP contribution in [-0.4, -0.2) is 24.4 Å². The van der Waals surface area contributed by atoms with E-state index in [0.717, 1.165) is 5.56 Å². The van der Waals surface area contributed by atoms with Gasteiger partial charge in [-0.3, -0.25) is 4.79 Å². The Hall–Kier alpha value is -3.62. The molecule has 0 bridgehead atoms. The monoisotopic (exact) mass is 514 g/mol. The van der Waals surface area contributed by atoms with E-state index in [1.165, 1.54) is 7.11 Å². The fourth-order valence-corrected chi connectivity index (χ4v) is 4.65. The molecule has 0 unspecified atom stereocenters. The van der Waals surface area contributed by atoms with Crippen molar-refractivity contribution in [2.75, 3.05) is 13.9 Å². The highest BCUT2D eigenvalue weighted by atomic mass is 35.5. The maximum absolute atomic E-state index is 13.9. The lowest BCUT2D eigenvalue weighted by Gasteiger charge is -2.29. The maximum atomic E-state index is 13.9. The molecule has 8 nitrogen and oxygen atoms in total. The minimum absolute atomic E-state index is 0.00831. The Morgan fingerprint density at radius 1 is 1.09 bits per heavy atom. The number of methoxy groups -OCH3 is 1. The highest BCUT2D eigenvalue weighted by molar-refractivity contribution is 6.42. The van der Waals surface area contributed by atoms with E-state index in [2.05, 4.69) is 0 Å². The molecule has 1 aromatic heterocycles. The number of aromatic nitrogens is 1. The zero-order chi connectivity index (χ0) is 24.9. The molecule has 0 spiro atoms. The van der Waals surface area contributed by atoms with Crippen LogP contribution in [0.4, 0.5) is 0 Å². The Morgan fingerprint density at radius 3 is 2.60 bits per heavy atom. The van der Waals surface area contributed by atoms with E-state index < -0.39 is 11.9 Å². The highest BCUT2D eigenvalue weighted by Gasteiger charge is 2.38. The van der Waals surface area contributed by atoms with Gasteiger partial charge in [-0.2, -0.15) is 0 Å². The van der Waals surface area contributed by atoms with E-state index >= 15 is 0 Å². The molecule has 0 aliphatic carbocycles. The van der Waals surface area contributed by atoms with E-state index in [-0.39, 0.29) is 46.7 Å². The molecule has 0 fully saturated rings. The summed E-state index contributed by atoms with van der Waals surface area (Å²) in [5, 5.41) is 0.608. The molecule has 1 atom stereocenters. The van der Waals surface area contributed by atoms with E-state index in [9.17, 15) is 9.59 Å². The van der Waals surface area contributed by atoms with E-state index in [4.69, 9.17) is 47.9 Å². The number of nitrogens with two attached hydrogens (primary N) is 1. The molecule has 2 aromatic carbocycles. The fraction of sp³-hybridized carbons (Fsp3) is 0.200. The zero-order valence-corrected chi connectivity index (χ0v) is 20.3. The number of hydrogen-bond acceptors (Lipinski definition) is 7. The van der Waals surface area contributed by atoms with Gasteiger partial charge >= 0.3 is 5.97 Å². The van der Waals surface area contributed by atoms with Crippen molar-refractivity contribution in [1.29, 1.82) is 0 Å². The first kappa shape index (κ1) is 23.1. The Morgan fingerprint density at radius 2 is 1.86 bits per heavy atom. The van der Waals surface area contributed by atoms with E-state index in [0.29, 0.717) is 27.8 Å². The zero-order valence-electron chi connectivity index (χ0n) is 18.8. The van der Waals surface area contributed by atoms with Crippen LogP contribution < -0.4 is 25.5 Å². The lowest BCUT2D eigenvalue weighted by atomic mass is 9.83. The molecule has 2 N–H and O–H groups in total. The first-order chi connectivity index (χ1) is 16.8. The molecular weight excluding hydrogens is 495 g/mol. The highest BCUT2D eigenvalue weighted by Crippen LogP contribution is 2.42. The number of carbonyl (C=O) groups excluding carboxylic acids is 1. The summed E-state index contributed by atoms with van der Waals surface area (Å²) in [6.45, 7) is 2.21. The van der Waals surface area contributed by atoms with Crippen molar-refractivity contribution >= 4 is 29.2 Å². The Kier molecular flexibility index (Phi) is 5.86. The van der Waals surface area contributed by atoms with Crippen LogP contribution in [-0.2, 0) is 16.1 Å². The molecule has 35 heavy (non-hydrogen) atoms. The number of carbonyl (C=O) groups is 1. The molecule has 0 saturated carbocycles. The number of pyridine rings is 1. The van der Waals surface area contributed by atoms with E-state index in [1.54, 1.807) is 41.8 Å². The summed E-state index contributed by atoms with van der Waals surface area (Å²) in [4.78, 5) is 26.7. The third kappa shape index (κ3) is 3.98. The molecule has 2 aliphatic rings. The summed E-state index contributed by atoms with van der Waals surface area (Å²) >= 11 is 12.4. The first-order valence-corrected chi connectivity index (χ1v) is 11.4. The third-order valence-corrected chi connectivity index (χ3v) is 6.77. The van der Waals surface area contributed by atoms with Crippen molar-refractivity contribution in [2.45, 2.75) is 19.4 Å². The number of benzene rings is 2. The summed E-state index contributed by atoms with van der Waals surface area (Å²) in [6.07, 6.45) is 0. The standard InChI is InChI=1S/C25H20Cl2N2O6/c1-12-7-19-21(24(30)29(12)10-13-3-6-17-18(8-13)34-11-33-17)20(14-4-5-15(26)16(27)9-14)22(23(28)35-19)25(31)32-2/h3-9,20H,10-11,28H2,1-2H3/t20-/m0/s1. The number of aryl methyl sites for hydroxylation is 1. The minimum atomic E-state index is -0.878. The summed E-state index contributed by atoms with van der Waals surface area (Å²) in [7, 11) is 1.23.